The Morgan fingerprint density at radius 3 is 2.17 bits per heavy atom. The molecule has 0 aliphatic heterocycles. The SMILES string of the molecule is CCNC(=O)[C@@H](Cc1ccccc1)N(Cc1cccc(Br)c1)C(=O)CCc1ccc(C(C)(C)C)cc1. The van der Waals surface area contributed by atoms with Gasteiger partial charge in [-0.1, -0.05) is 103 Å². The Hall–Kier alpha value is -2.92. The van der Waals surface area contributed by atoms with Gasteiger partial charge in [-0.3, -0.25) is 9.59 Å². The standard InChI is InChI=1S/C31H37BrN2O2/c1-5-33-30(36)28(21-24-10-7-6-8-11-24)34(22-25-12-9-13-27(32)20-25)29(35)19-16-23-14-17-26(18-15-23)31(2,3)4/h6-15,17-18,20,28H,5,16,19,21-22H2,1-4H3,(H,33,36)/t28-/m1/s1. The molecule has 1 atom stereocenters. The van der Waals surface area contributed by atoms with Crippen LogP contribution in [0.25, 0.3) is 0 Å². The molecule has 0 saturated carbocycles. The molecule has 36 heavy (non-hydrogen) atoms. The summed E-state index contributed by atoms with van der Waals surface area (Å²) in [5, 5.41) is 2.95. The summed E-state index contributed by atoms with van der Waals surface area (Å²) in [5.41, 5.74) is 4.49. The predicted octanol–water partition coefficient (Wildman–Crippen LogP) is 6.46. The molecule has 0 saturated heterocycles. The quantitative estimate of drug-likeness (QED) is 0.316. The monoisotopic (exact) mass is 548 g/mol. The first-order valence-electron chi connectivity index (χ1n) is 12.6. The highest BCUT2D eigenvalue weighted by molar-refractivity contribution is 9.10. The number of benzene rings is 3. The van der Waals surface area contributed by atoms with E-state index in [1.165, 1.54) is 5.56 Å². The van der Waals surface area contributed by atoms with Gasteiger partial charge in [0.1, 0.15) is 6.04 Å². The van der Waals surface area contributed by atoms with Gasteiger partial charge in [-0.15, -0.1) is 0 Å². The number of rotatable bonds is 10. The van der Waals surface area contributed by atoms with Crippen LogP contribution in [0.15, 0.2) is 83.3 Å². The second-order valence-electron chi connectivity index (χ2n) is 10.2. The van der Waals surface area contributed by atoms with E-state index in [4.69, 9.17) is 0 Å². The molecule has 3 rings (SSSR count). The van der Waals surface area contributed by atoms with Crippen molar-refractivity contribution in [2.75, 3.05) is 6.54 Å². The van der Waals surface area contributed by atoms with Crippen LogP contribution in [0.1, 0.15) is 56.4 Å². The fraction of sp³-hybridized carbons (Fsp3) is 0.355. The van der Waals surface area contributed by atoms with Gasteiger partial charge in [0.25, 0.3) is 0 Å². The van der Waals surface area contributed by atoms with Gasteiger partial charge in [-0.2, -0.15) is 0 Å². The summed E-state index contributed by atoms with van der Waals surface area (Å²) in [4.78, 5) is 28.7. The van der Waals surface area contributed by atoms with Gasteiger partial charge in [0.2, 0.25) is 11.8 Å². The largest absolute Gasteiger partial charge is 0.355 e. The van der Waals surface area contributed by atoms with Crippen molar-refractivity contribution in [2.24, 2.45) is 0 Å². The number of hydrogen-bond acceptors (Lipinski definition) is 2. The van der Waals surface area contributed by atoms with E-state index < -0.39 is 6.04 Å². The van der Waals surface area contributed by atoms with Crippen molar-refractivity contribution >= 4 is 27.7 Å². The van der Waals surface area contributed by atoms with E-state index in [0.29, 0.717) is 32.4 Å². The van der Waals surface area contributed by atoms with E-state index in [1.54, 1.807) is 4.90 Å². The molecule has 0 fully saturated rings. The Labute approximate surface area is 224 Å². The summed E-state index contributed by atoms with van der Waals surface area (Å²) in [6.07, 6.45) is 1.44. The van der Waals surface area contributed by atoms with E-state index in [0.717, 1.165) is 21.2 Å². The first-order valence-corrected chi connectivity index (χ1v) is 13.4. The second-order valence-corrected chi connectivity index (χ2v) is 11.1. The van der Waals surface area contributed by atoms with Crippen molar-refractivity contribution in [1.29, 1.82) is 0 Å². The molecule has 4 nitrogen and oxygen atoms in total. The van der Waals surface area contributed by atoms with Crippen LogP contribution in [-0.4, -0.2) is 29.3 Å². The highest BCUT2D eigenvalue weighted by Crippen LogP contribution is 2.23. The molecule has 1 N–H and O–H groups in total. The molecule has 5 heteroatoms. The summed E-state index contributed by atoms with van der Waals surface area (Å²) in [6.45, 7) is 9.37. The minimum absolute atomic E-state index is 0.0259. The molecule has 0 radical (unpaired) electrons. The van der Waals surface area contributed by atoms with Crippen molar-refractivity contribution < 1.29 is 9.59 Å². The highest BCUT2D eigenvalue weighted by Gasteiger charge is 2.30. The van der Waals surface area contributed by atoms with Crippen LogP contribution < -0.4 is 5.32 Å². The van der Waals surface area contributed by atoms with Gasteiger partial charge in [-0.25, -0.2) is 0 Å². The van der Waals surface area contributed by atoms with Gasteiger partial charge in [0.05, 0.1) is 0 Å². The maximum Gasteiger partial charge on any atom is 0.243 e. The lowest BCUT2D eigenvalue weighted by molar-refractivity contribution is -0.141. The van der Waals surface area contributed by atoms with Crippen LogP contribution in [-0.2, 0) is 34.4 Å². The number of nitrogens with one attached hydrogen (secondary N) is 1. The molecule has 3 aromatic carbocycles. The average Bonchev–Trinajstić information content (AvgIpc) is 2.85. The third kappa shape index (κ3) is 8.06. The van der Waals surface area contributed by atoms with Crippen LogP contribution in [0.2, 0.25) is 0 Å². The number of carbonyl (C=O) groups excluding carboxylic acids is 2. The molecule has 0 unspecified atom stereocenters. The van der Waals surface area contributed by atoms with Crippen molar-refractivity contribution in [2.45, 2.75) is 65.0 Å². The Bertz CT molecular complexity index is 1140. The van der Waals surface area contributed by atoms with E-state index in [1.807, 2.05) is 61.5 Å². The number of halogens is 1. The lowest BCUT2D eigenvalue weighted by atomic mass is 9.86. The Balaban J connectivity index is 1.86. The summed E-state index contributed by atoms with van der Waals surface area (Å²) in [7, 11) is 0. The maximum atomic E-state index is 13.7. The molecule has 0 aromatic heterocycles. The third-order valence-corrected chi connectivity index (χ3v) is 6.80. The van der Waals surface area contributed by atoms with Crippen LogP contribution in [0.3, 0.4) is 0 Å². The Morgan fingerprint density at radius 2 is 1.56 bits per heavy atom. The Morgan fingerprint density at radius 1 is 0.889 bits per heavy atom. The summed E-state index contributed by atoms with van der Waals surface area (Å²) in [5.74, 6) is -0.152. The molecule has 0 heterocycles. The summed E-state index contributed by atoms with van der Waals surface area (Å²) in [6, 6.07) is 25.7. The van der Waals surface area contributed by atoms with E-state index >= 15 is 0 Å². The number of aryl methyl sites for hydroxylation is 1. The van der Waals surface area contributed by atoms with Gasteiger partial charge >= 0.3 is 0 Å². The molecular formula is C31H37BrN2O2. The maximum absolute atomic E-state index is 13.7. The zero-order valence-electron chi connectivity index (χ0n) is 21.8. The Kier molecular flexibility index (Phi) is 9.89. The number of likely N-dealkylation sites (N-methyl/N-ethyl adjacent to an activating group) is 1. The molecule has 0 spiro atoms. The first-order chi connectivity index (χ1) is 17.2. The predicted molar refractivity (Wildman–Crippen MR) is 151 cm³/mol. The smallest absolute Gasteiger partial charge is 0.243 e. The fourth-order valence-electron chi connectivity index (χ4n) is 4.24. The first kappa shape index (κ1) is 27.7. The number of nitrogens with zero attached hydrogens (tertiary/aromatic N) is 1. The van der Waals surface area contributed by atoms with E-state index in [2.05, 4.69) is 66.3 Å². The molecule has 0 aliphatic rings. The van der Waals surface area contributed by atoms with Crippen LogP contribution in [0, 0.1) is 0 Å². The minimum atomic E-state index is -0.595. The minimum Gasteiger partial charge on any atom is -0.355 e. The van der Waals surface area contributed by atoms with Crippen molar-refractivity contribution in [1.82, 2.24) is 10.2 Å². The molecule has 190 valence electrons. The van der Waals surface area contributed by atoms with Gasteiger partial charge in [-0.05, 0) is 53.1 Å². The lowest BCUT2D eigenvalue weighted by Crippen LogP contribution is -2.50. The number of hydrogen-bond donors (Lipinski definition) is 1. The summed E-state index contributed by atoms with van der Waals surface area (Å²) >= 11 is 3.53. The van der Waals surface area contributed by atoms with Crippen molar-refractivity contribution in [3.05, 3.63) is 106 Å². The zero-order chi connectivity index (χ0) is 26.1. The van der Waals surface area contributed by atoms with Crippen molar-refractivity contribution in [3.63, 3.8) is 0 Å². The molecular weight excluding hydrogens is 512 g/mol. The van der Waals surface area contributed by atoms with Gasteiger partial charge in [0.15, 0.2) is 0 Å². The second kappa shape index (κ2) is 12.9. The van der Waals surface area contributed by atoms with E-state index in [9.17, 15) is 9.59 Å². The normalized spacial score (nSPS) is 12.1. The van der Waals surface area contributed by atoms with E-state index in [-0.39, 0.29) is 17.2 Å². The van der Waals surface area contributed by atoms with Crippen LogP contribution in [0.5, 0.6) is 0 Å². The average molecular weight is 550 g/mol. The van der Waals surface area contributed by atoms with Gasteiger partial charge in [0, 0.05) is 30.4 Å². The van der Waals surface area contributed by atoms with Crippen LogP contribution in [0.4, 0.5) is 0 Å². The third-order valence-electron chi connectivity index (χ3n) is 6.31. The van der Waals surface area contributed by atoms with Crippen molar-refractivity contribution in [3.8, 4) is 0 Å². The zero-order valence-corrected chi connectivity index (χ0v) is 23.3. The number of carbonyl (C=O) groups is 2. The lowest BCUT2D eigenvalue weighted by Gasteiger charge is -2.31. The molecule has 0 bridgehead atoms. The number of amides is 2. The molecule has 2 amide bonds. The topological polar surface area (TPSA) is 49.4 Å². The highest BCUT2D eigenvalue weighted by atomic mass is 79.9. The fourth-order valence-corrected chi connectivity index (χ4v) is 4.69. The van der Waals surface area contributed by atoms with Gasteiger partial charge < -0.3 is 10.2 Å². The van der Waals surface area contributed by atoms with Crippen LogP contribution >= 0.6 is 15.9 Å². The molecule has 3 aromatic rings. The molecule has 0 aliphatic carbocycles. The summed E-state index contributed by atoms with van der Waals surface area (Å²) < 4.78 is 0.948.